The van der Waals surface area contributed by atoms with Crippen LogP contribution in [-0.4, -0.2) is 25.0 Å². The van der Waals surface area contributed by atoms with Crippen LogP contribution in [0.1, 0.15) is 44.1 Å². The number of amides is 1. The Balaban J connectivity index is 1.75. The molecule has 1 aromatic carbocycles. The Labute approximate surface area is 124 Å². The van der Waals surface area contributed by atoms with Crippen molar-refractivity contribution >= 4 is 11.6 Å². The van der Waals surface area contributed by atoms with Crippen LogP contribution in [0.3, 0.4) is 0 Å². The third kappa shape index (κ3) is 1.92. The van der Waals surface area contributed by atoms with E-state index in [2.05, 4.69) is 5.32 Å². The highest BCUT2D eigenvalue weighted by atomic mass is 19.1. The fraction of sp³-hybridized carbons (Fsp3) is 0.588. The number of benzene rings is 1. The van der Waals surface area contributed by atoms with E-state index in [-0.39, 0.29) is 23.2 Å². The second-order valence-electron chi connectivity index (χ2n) is 6.69. The van der Waals surface area contributed by atoms with E-state index < -0.39 is 0 Å². The Morgan fingerprint density at radius 1 is 1.29 bits per heavy atom. The zero-order valence-electron chi connectivity index (χ0n) is 12.2. The lowest BCUT2D eigenvalue weighted by molar-refractivity contribution is -0.120. The molecule has 4 rings (SSSR count). The first kappa shape index (κ1) is 13.3. The van der Waals surface area contributed by atoms with Crippen LogP contribution in [-0.2, 0) is 10.2 Å². The molecule has 2 heterocycles. The van der Waals surface area contributed by atoms with E-state index in [9.17, 15) is 9.18 Å². The van der Waals surface area contributed by atoms with E-state index in [0.717, 1.165) is 56.3 Å². The van der Waals surface area contributed by atoms with Crippen molar-refractivity contribution in [3.8, 4) is 0 Å². The SMILES string of the molecule is O=C(C1CCCN1)N1CC2(CCCC2)c2c(F)cccc21. The molecule has 1 aromatic rings. The Morgan fingerprint density at radius 3 is 2.81 bits per heavy atom. The van der Waals surface area contributed by atoms with Gasteiger partial charge < -0.3 is 10.2 Å². The van der Waals surface area contributed by atoms with Crippen LogP contribution in [0.2, 0.25) is 0 Å². The highest BCUT2D eigenvalue weighted by molar-refractivity contribution is 6.00. The maximum absolute atomic E-state index is 14.4. The fourth-order valence-electron chi connectivity index (χ4n) is 4.47. The van der Waals surface area contributed by atoms with Crippen molar-refractivity contribution in [2.75, 3.05) is 18.0 Å². The third-order valence-corrected chi connectivity index (χ3v) is 5.46. The average Bonchev–Trinajstić information content (AvgIpc) is 3.21. The van der Waals surface area contributed by atoms with Crippen molar-refractivity contribution < 1.29 is 9.18 Å². The number of carbonyl (C=O) groups is 1. The summed E-state index contributed by atoms with van der Waals surface area (Å²) >= 11 is 0. The second kappa shape index (κ2) is 4.80. The van der Waals surface area contributed by atoms with Crippen LogP contribution in [0.5, 0.6) is 0 Å². The van der Waals surface area contributed by atoms with Gasteiger partial charge in [-0.25, -0.2) is 4.39 Å². The van der Waals surface area contributed by atoms with Gasteiger partial charge in [-0.1, -0.05) is 18.9 Å². The highest BCUT2D eigenvalue weighted by Gasteiger charge is 2.48. The molecular weight excluding hydrogens is 267 g/mol. The number of halogens is 1. The molecule has 1 N–H and O–H groups in total. The van der Waals surface area contributed by atoms with Gasteiger partial charge in [0.1, 0.15) is 5.82 Å². The third-order valence-electron chi connectivity index (χ3n) is 5.46. The minimum atomic E-state index is -0.135. The standard InChI is InChI=1S/C17H21FN2O/c18-12-5-3-7-14-15(12)17(8-1-2-9-17)11-20(14)16(21)13-6-4-10-19-13/h3,5,7,13,19H,1-2,4,6,8-11H2. The van der Waals surface area contributed by atoms with Crippen molar-refractivity contribution in [1.82, 2.24) is 5.32 Å². The predicted molar refractivity (Wildman–Crippen MR) is 79.9 cm³/mol. The quantitative estimate of drug-likeness (QED) is 0.862. The first-order valence-corrected chi connectivity index (χ1v) is 8.05. The topological polar surface area (TPSA) is 32.3 Å². The first-order valence-electron chi connectivity index (χ1n) is 8.05. The maximum atomic E-state index is 14.4. The molecule has 1 saturated heterocycles. The fourth-order valence-corrected chi connectivity index (χ4v) is 4.47. The number of hydrogen-bond donors (Lipinski definition) is 1. The Bertz CT molecular complexity index is 574. The van der Waals surface area contributed by atoms with Gasteiger partial charge in [-0.3, -0.25) is 4.79 Å². The molecule has 2 fully saturated rings. The Hall–Kier alpha value is -1.42. The molecule has 3 aliphatic rings. The zero-order chi connectivity index (χ0) is 14.4. The van der Waals surface area contributed by atoms with E-state index >= 15 is 0 Å². The number of nitrogens with zero attached hydrogens (tertiary/aromatic N) is 1. The summed E-state index contributed by atoms with van der Waals surface area (Å²) in [6, 6.07) is 5.10. The lowest BCUT2D eigenvalue weighted by atomic mass is 9.80. The summed E-state index contributed by atoms with van der Waals surface area (Å²) in [6.07, 6.45) is 6.22. The summed E-state index contributed by atoms with van der Waals surface area (Å²) in [5.41, 5.74) is 1.49. The molecule has 0 aromatic heterocycles. The molecule has 21 heavy (non-hydrogen) atoms. The van der Waals surface area contributed by atoms with Gasteiger partial charge >= 0.3 is 0 Å². The van der Waals surface area contributed by atoms with Gasteiger partial charge in [-0.15, -0.1) is 0 Å². The van der Waals surface area contributed by atoms with Gasteiger partial charge in [-0.2, -0.15) is 0 Å². The zero-order valence-corrected chi connectivity index (χ0v) is 12.2. The number of rotatable bonds is 1. The number of nitrogens with one attached hydrogen (secondary N) is 1. The molecule has 0 bridgehead atoms. The minimum absolute atomic E-state index is 0.0855. The molecule has 0 radical (unpaired) electrons. The largest absolute Gasteiger partial charge is 0.310 e. The van der Waals surface area contributed by atoms with Crippen LogP contribution < -0.4 is 10.2 Å². The van der Waals surface area contributed by atoms with E-state index in [1.54, 1.807) is 12.1 Å². The molecule has 1 spiro atoms. The lowest BCUT2D eigenvalue weighted by Gasteiger charge is -2.26. The maximum Gasteiger partial charge on any atom is 0.244 e. The summed E-state index contributed by atoms with van der Waals surface area (Å²) in [5, 5.41) is 3.27. The molecule has 3 nitrogen and oxygen atoms in total. The summed E-state index contributed by atoms with van der Waals surface area (Å²) < 4.78 is 14.4. The Kier molecular flexibility index (Phi) is 3.03. The van der Waals surface area contributed by atoms with E-state index in [1.807, 2.05) is 11.0 Å². The van der Waals surface area contributed by atoms with Crippen molar-refractivity contribution in [3.05, 3.63) is 29.6 Å². The van der Waals surface area contributed by atoms with E-state index in [0.29, 0.717) is 6.54 Å². The van der Waals surface area contributed by atoms with Crippen LogP contribution in [0.4, 0.5) is 10.1 Å². The molecule has 4 heteroatoms. The second-order valence-corrected chi connectivity index (χ2v) is 6.69. The number of fused-ring (bicyclic) bond motifs is 2. The smallest absolute Gasteiger partial charge is 0.244 e. The van der Waals surface area contributed by atoms with Gasteiger partial charge in [0.15, 0.2) is 0 Å². The summed E-state index contributed by atoms with van der Waals surface area (Å²) in [4.78, 5) is 14.7. The Morgan fingerprint density at radius 2 is 2.10 bits per heavy atom. The van der Waals surface area contributed by atoms with Gasteiger partial charge in [0.05, 0.1) is 11.7 Å². The molecule has 1 atom stereocenters. The van der Waals surface area contributed by atoms with Gasteiger partial charge in [0.2, 0.25) is 5.91 Å². The normalized spacial score (nSPS) is 26.5. The lowest BCUT2D eigenvalue weighted by Crippen LogP contribution is -2.45. The first-order chi connectivity index (χ1) is 10.2. The number of anilines is 1. The van der Waals surface area contributed by atoms with Gasteiger partial charge in [-0.05, 0) is 44.4 Å². The highest BCUT2D eigenvalue weighted by Crippen LogP contribution is 2.51. The van der Waals surface area contributed by atoms with Crippen molar-refractivity contribution in [2.24, 2.45) is 0 Å². The van der Waals surface area contributed by atoms with Crippen molar-refractivity contribution in [2.45, 2.75) is 50.0 Å². The van der Waals surface area contributed by atoms with Crippen molar-refractivity contribution in [1.29, 1.82) is 0 Å². The molecule has 1 aliphatic carbocycles. The predicted octanol–water partition coefficient (Wildman–Crippen LogP) is 2.74. The molecular formula is C17H21FN2O. The molecule has 1 unspecified atom stereocenters. The molecule has 112 valence electrons. The summed E-state index contributed by atoms with van der Waals surface area (Å²) in [6.45, 7) is 1.58. The average molecular weight is 288 g/mol. The molecule has 1 saturated carbocycles. The van der Waals surface area contributed by atoms with Crippen molar-refractivity contribution in [3.63, 3.8) is 0 Å². The molecule has 2 aliphatic heterocycles. The van der Waals surface area contributed by atoms with Crippen LogP contribution in [0, 0.1) is 5.82 Å². The molecule has 1 amide bonds. The van der Waals surface area contributed by atoms with Crippen LogP contribution >= 0.6 is 0 Å². The van der Waals surface area contributed by atoms with Crippen LogP contribution in [0.15, 0.2) is 18.2 Å². The number of carbonyl (C=O) groups excluding carboxylic acids is 1. The van der Waals surface area contributed by atoms with E-state index in [4.69, 9.17) is 0 Å². The monoisotopic (exact) mass is 288 g/mol. The number of hydrogen-bond acceptors (Lipinski definition) is 2. The minimum Gasteiger partial charge on any atom is -0.310 e. The summed E-state index contributed by atoms with van der Waals surface area (Å²) in [7, 11) is 0. The van der Waals surface area contributed by atoms with Gasteiger partial charge in [0.25, 0.3) is 0 Å². The van der Waals surface area contributed by atoms with Crippen LogP contribution in [0.25, 0.3) is 0 Å². The summed E-state index contributed by atoms with van der Waals surface area (Å²) in [5.74, 6) is -0.00722. The van der Waals surface area contributed by atoms with Gasteiger partial charge in [0, 0.05) is 17.5 Å². The van der Waals surface area contributed by atoms with E-state index in [1.165, 1.54) is 0 Å².